The summed E-state index contributed by atoms with van der Waals surface area (Å²) in [4.78, 5) is 10.6. The summed E-state index contributed by atoms with van der Waals surface area (Å²) in [6.45, 7) is 2.07. The zero-order valence-corrected chi connectivity index (χ0v) is 12.2. The van der Waals surface area contributed by atoms with Gasteiger partial charge >= 0.3 is 0 Å². The van der Waals surface area contributed by atoms with Crippen LogP contribution in [0.4, 0.5) is 4.39 Å². The van der Waals surface area contributed by atoms with Crippen LogP contribution in [-0.2, 0) is 21.2 Å². The van der Waals surface area contributed by atoms with E-state index >= 15 is 0 Å². The summed E-state index contributed by atoms with van der Waals surface area (Å²) in [6.07, 6.45) is 0.645. The molecule has 7 heteroatoms. The Morgan fingerprint density at radius 1 is 1.25 bits per heavy atom. The lowest BCUT2D eigenvalue weighted by molar-refractivity contribution is -0.118. The number of rotatable bonds is 8. The van der Waals surface area contributed by atoms with Crippen molar-refractivity contribution in [3.8, 4) is 0 Å². The highest BCUT2D eigenvalue weighted by Gasteiger charge is 2.11. The van der Waals surface area contributed by atoms with Crippen LogP contribution >= 0.6 is 0 Å². The quantitative estimate of drug-likeness (QED) is 0.698. The van der Waals surface area contributed by atoms with Crippen molar-refractivity contribution in [2.45, 2.75) is 19.8 Å². The minimum absolute atomic E-state index is 0.133. The fourth-order valence-electron chi connectivity index (χ4n) is 1.60. The second-order valence-corrected chi connectivity index (χ2v) is 6.32. The van der Waals surface area contributed by atoms with Crippen molar-refractivity contribution in [1.29, 1.82) is 0 Å². The maximum absolute atomic E-state index is 13.3. The van der Waals surface area contributed by atoms with Crippen LogP contribution in [0.5, 0.6) is 0 Å². The maximum Gasteiger partial charge on any atom is 0.216 e. The number of carbonyl (C=O) groups is 1. The van der Waals surface area contributed by atoms with Gasteiger partial charge in [0, 0.05) is 20.0 Å². The van der Waals surface area contributed by atoms with Crippen molar-refractivity contribution in [2.75, 3.05) is 18.8 Å². The fourth-order valence-corrected chi connectivity index (χ4v) is 2.69. The zero-order valence-electron chi connectivity index (χ0n) is 11.4. The Hall–Kier alpha value is -1.47. The first-order valence-electron chi connectivity index (χ1n) is 6.36. The summed E-state index contributed by atoms with van der Waals surface area (Å²) < 4.78 is 39.1. The summed E-state index contributed by atoms with van der Waals surface area (Å²) in [5.74, 6) is -0.700. The Morgan fingerprint density at radius 3 is 2.60 bits per heavy atom. The average molecular weight is 302 g/mol. The van der Waals surface area contributed by atoms with Crippen LogP contribution in [0.25, 0.3) is 0 Å². The van der Waals surface area contributed by atoms with Crippen LogP contribution in [0.1, 0.15) is 18.9 Å². The molecule has 0 aliphatic carbocycles. The third-order valence-electron chi connectivity index (χ3n) is 2.65. The molecule has 1 amide bonds. The van der Waals surface area contributed by atoms with E-state index < -0.39 is 15.8 Å². The lowest BCUT2D eigenvalue weighted by Gasteiger charge is -2.07. The molecule has 0 unspecified atom stereocenters. The molecule has 0 heterocycles. The minimum atomic E-state index is -3.43. The van der Waals surface area contributed by atoms with Gasteiger partial charge in [0.2, 0.25) is 15.9 Å². The van der Waals surface area contributed by atoms with E-state index in [0.29, 0.717) is 18.5 Å². The number of carbonyl (C=O) groups excluding carboxylic acids is 1. The van der Waals surface area contributed by atoms with Gasteiger partial charge in [-0.3, -0.25) is 4.79 Å². The Bertz CT molecular complexity index is 546. The molecule has 0 radical (unpaired) electrons. The van der Waals surface area contributed by atoms with Crippen LogP contribution in [0.15, 0.2) is 24.3 Å². The molecule has 0 aliphatic rings. The molecule has 0 atom stereocenters. The number of hydrogen-bond donors (Lipinski definition) is 2. The van der Waals surface area contributed by atoms with Gasteiger partial charge < -0.3 is 5.32 Å². The van der Waals surface area contributed by atoms with Gasteiger partial charge in [0.1, 0.15) is 5.82 Å². The number of nitrogens with one attached hydrogen (secondary N) is 2. The summed E-state index contributed by atoms with van der Waals surface area (Å²) >= 11 is 0. The van der Waals surface area contributed by atoms with E-state index in [0.717, 1.165) is 0 Å². The molecule has 0 aromatic heterocycles. The van der Waals surface area contributed by atoms with Gasteiger partial charge in [-0.25, -0.2) is 17.5 Å². The van der Waals surface area contributed by atoms with Crippen molar-refractivity contribution in [3.63, 3.8) is 0 Å². The normalized spacial score (nSPS) is 11.3. The van der Waals surface area contributed by atoms with Gasteiger partial charge in [0.15, 0.2) is 0 Å². The van der Waals surface area contributed by atoms with Gasteiger partial charge in [-0.15, -0.1) is 0 Å². The molecular formula is C13H19FN2O3S. The maximum atomic E-state index is 13.3. The number of aryl methyl sites for hydroxylation is 1. The zero-order chi connectivity index (χ0) is 15.0. The Morgan fingerprint density at radius 2 is 1.95 bits per heavy atom. The number of halogens is 1. The fraction of sp³-hybridized carbons (Fsp3) is 0.462. The minimum Gasteiger partial charge on any atom is -0.356 e. The summed E-state index contributed by atoms with van der Waals surface area (Å²) in [5, 5.41) is 2.57. The first kappa shape index (κ1) is 16.6. The molecule has 0 saturated heterocycles. The van der Waals surface area contributed by atoms with Crippen molar-refractivity contribution < 1.29 is 17.6 Å². The standard InChI is InChI=1S/C13H19FN2O3S/c1-11(17)15-8-4-9-16-20(18,19)10-7-12-5-2-3-6-13(12)14/h2-3,5-6,16H,4,7-10H2,1H3,(H,15,17). The molecule has 1 rings (SSSR count). The van der Waals surface area contributed by atoms with E-state index in [1.165, 1.54) is 13.0 Å². The van der Waals surface area contributed by atoms with Crippen LogP contribution in [0, 0.1) is 5.82 Å². The molecule has 20 heavy (non-hydrogen) atoms. The van der Waals surface area contributed by atoms with Gasteiger partial charge in [0.25, 0.3) is 0 Å². The first-order chi connectivity index (χ1) is 9.41. The third-order valence-corrected chi connectivity index (χ3v) is 4.03. The van der Waals surface area contributed by atoms with Crippen molar-refractivity contribution in [2.24, 2.45) is 0 Å². The largest absolute Gasteiger partial charge is 0.356 e. The Balaban J connectivity index is 2.31. The molecule has 0 bridgehead atoms. The van der Waals surface area contributed by atoms with Gasteiger partial charge in [-0.2, -0.15) is 0 Å². The van der Waals surface area contributed by atoms with Gasteiger partial charge in [-0.05, 0) is 24.5 Å². The Kier molecular flexibility index (Phi) is 6.60. The molecule has 5 nitrogen and oxygen atoms in total. The van der Waals surface area contributed by atoms with E-state index in [-0.39, 0.29) is 24.6 Å². The van der Waals surface area contributed by atoms with Crippen LogP contribution < -0.4 is 10.0 Å². The van der Waals surface area contributed by atoms with Crippen molar-refractivity contribution in [3.05, 3.63) is 35.6 Å². The van der Waals surface area contributed by atoms with Gasteiger partial charge in [-0.1, -0.05) is 18.2 Å². The summed E-state index contributed by atoms with van der Waals surface area (Å²) in [5.41, 5.74) is 0.385. The predicted molar refractivity (Wildman–Crippen MR) is 75.2 cm³/mol. The molecule has 112 valence electrons. The molecule has 0 aliphatic heterocycles. The molecule has 1 aromatic carbocycles. The number of amides is 1. The molecule has 0 fully saturated rings. The van der Waals surface area contributed by atoms with Crippen LogP contribution in [0.2, 0.25) is 0 Å². The first-order valence-corrected chi connectivity index (χ1v) is 8.01. The smallest absolute Gasteiger partial charge is 0.216 e. The molecule has 0 spiro atoms. The average Bonchev–Trinajstić information content (AvgIpc) is 2.37. The second kappa shape index (κ2) is 7.96. The van der Waals surface area contributed by atoms with Gasteiger partial charge in [0.05, 0.1) is 5.75 Å². The topological polar surface area (TPSA) is 75.3 Å². The van der Waals surface area contributed by atoms with Crippen LogP contribution in [0.3, 0.4) is 0 Å². The Labute approximate surface area is 118 Å². The van der Waals surface area contributed by atoms with Crippen molar-refractivity contribution in [1.82, 2.24) is 10.0 Å². The lowest BCUT2D eigenvalue weighted by Crippen LogP contribution is -2.31. The molecule has 1 aromatic rings. The highest BCUT2D eigenvalue weighted by Crippen LogP contribution is 2.07. The molecular weight excluding hydrogens is 283 g/mol. The third kappa shape index (κ3) is 6.63. The number of benzene rings is 1. The summed E-state index contributed by atoms with van der Waals surface area (Å²) in [6, 6.07) is 6.12. The van der Waals surface area contributed by atoms with Crippen molar-refractivity contribution >= 4 is 15.9 Å². The lowest BCUT2D eigenvalue weighted by atomic mass is 10.2. The second-order valence-electron chi connectivity index (χ2n) is 4.39. The predicted octanol–water partition coefficient (Wildman–Crippen LogP) is 0.814. The van der Waals surface area contributed by atoms with E-state index in [2.05, 4.69) is 10.0 Å². The highest BCUT2D eigenvalue weighted by atomic mass is 32.2. The van der Waals surface area contributed by atoms with E-state index in [1.54, 1.807) is 18.2 Å². The molecule has 0 saturated carbocycles. The SMILES string of the molecule is CC(=O)NCCCNS(=O)(=O)CCc1ccccc1F. The summed E-state index contributed by atoms with van der Waals surface area (Å²) in [7, 11) is -3.43. The van der Waals surface area contributed by atoms with E-state index in [9.17, 15) is 17.6 Å². The molecule has 2 N–H and O–H groups in total. The monoisotopic (exact) mass is 302 g/mol. The van der Waals surface area contributed by atoms with Crippen LogP contribution in [-0.4, -0.2) is 33.2 Å². The van der Waals surface area contributed by atoms with E-state index in [4.69, 9.17) is 0 Å². The highest BCUT2D eigenvalue weighted by molar-refractivity contribution is 7.89. The van der Waals surface area contributed by atoms with E-state index in [1.807, 2.05) is 0 Å². The number of sulfonamides is 1. The number of hydrogen-bond acceptors (Lipinski definition) is 3.